The van der Waals surface area contributed by atoms with Crippen molar-refractivity contribution in [3.8, 4) is 0 Å². The maximum Gasteiger partial charge on any atom is 0.222 e. The minimum Gasteiger partial charge on any atom is -0.340 e. The number of rotatable bonds is 7. The third kappa shape index (κ3) is 4.48. The number of carbonyl (C=O) groups is 1. The number of unbranched alkanes of at least 4 members (excludes halogenated alkanes) is 2. The number of amides is 1. The van der Waals surface area contributed by atoms with Crippen LogP contribution in [0.25, 0.3) is 0 Å². The Morgan fingerprint density at radius 2 is 1.68 bits per heavy atom. The molecule has 0 bridgehead atoms. The maximum absolute atomic E-state index is 11.7. The van der Waals surface area contributed by atoms with Crippen molar-refractivity contribution in [3.63, 3.8) is 0 Å². The third-order valence-corrected chi connectivity index (χ3v) is 4.78. The average Bonchev–Trinajstić information content (AvgIpc) is 2.46. The Kier molecular flexibility index (Phi) is 6.84. The van der Waals surface area contributed by atoms with Gasteiger partial charge in [0.05, 0.1) is 0 Å². The van der Waals surface area contributed by atoms with E-state index < -0.39 is 0 Å². The van der Waals surface area contributed by atoms with Gasteiger partial charge in [-0.15, -0.1) is 0 Å². The fourth-order valence-corrected chi connectivity index (χ4v) is 3.03. The second-order valence-electron chi connectivity index (χ2n) is 6.03. The predicted octanol–water partition coefficient (Wildman–Crippen LogP) is 3.29. The van der Waals surface area contributed by atoms with Crippen LogP contribution in [0.3, 0.4) is 0 Å². The van der Waals surface area contributed by atoms with E-state index in [1.165, 1.54) is 32.1 Å². The van der Waals surface area contributed by atoms with E-state index in [2.05, 4.69) is 25.7 Å². The lowest BCUT2D eigenvalue weighted by molar-refractivity contribution is -0.133. The van der Waals surface area contributed by atoms with Crippen molar-refractivity contribution in [1.29, 1.82) is 0 Å². The molecule has 3 heteroatoms. The number of hydrogen-bond acceptors (Lipinski definition) is 2. The standard InChI is InChI=1S/C16H32N2O/c1-5-8-9-10-16(4,7-3)18-13-11-17(12-14-18)15(19)6-2/h5-14H2,1-4H3. The molecule has 1 heterocycles. The molecule has 0 aromatic carbocycles. The second kappa shape index (κ2) is 7.88. The molecule has 112 valence electrons. The molecule has 1 unspecified atom stereocenters. The van der Waals surface area contributed by atoms with E-state index in [4.69, 9.17) is 0 Å². The van der Waals surface area contributed by atoms with Crippen LogP contribution < -0.4 is 0 Å². The molecule has 1 rings (SSSR count). The van der Waals surface area contributed by atoms with Gasteiger partial charge in [-0.2, -0.15) is 0 Å². The van der Waals surface area contributed by atoms with E-state index >= 15 is 0 Å². The maximum atomic E-state index is 11.7. The number of hydrogen-bond donors (Lipinski definition) is 0. The van der Waals surface area contributed by atoms with Crippen molar-refractivity contribution < 1.29 is 4.79 Å². The van der Waals surface area contributed by atoms with Gasteiger partial charge in [0.1, 0.15) is 0 Å². The molecular weight excluding hydrogens is 236 g/mol. The lowest BCUT2D eigenvalue weighted by Crippen LogP contribution is -2.56. The van der Waals surface area contributed by atoms with Gasteiger partial charge in [-0.25, -0.2) is 0 Å². The average molecular weight is 268 g/mol. The molecule has 0 N–H and O–H groups in total. The zero-order chi connectivity index (χ0) is 14.3. The molecule has 0 spiro atoms. The summed E-state index contributed by atoms with van der Waals surface area (Å²) in [7, 11) is 0. The SMILES string of the molecule is CCCCCC(C)(CC)N1CCN(C(=O)CC)CC1. The highest BCUT2D eigenvalue weighted by Gasteiger charge is 2.32. The Labute approximate surface area is 119 Å². The summed E-state index contributed by atoms with van der Waals surface area (Å²) < 4.78 is 0. The first-order chi connectivity index (χ1) is 9.07. The molecule has 1 saturated heterocycles. The van der Waals surface area contributed by atoms with E-state index in [1.807, 2.05) is 11.8 Å². The van der Waals surface area contributed by atoms with Crippen LogP contribution >= 0.6 is 0 Å². The van der Waals surface area contributed by atoms with E-state index in [0.29, 0.717) is 17.9 Å². The van der Waals surface area contributed by atoms with Crippen LogP contribution in [0, 0.1) is 0 Å². The van der Waals surface area contributed by atoms with E-state index in [-0.39, 0.29) is 0 Å². The summed E-state index contributed by atoms with van der Waals surface area (Å²) in [5.41, 5.74) is 0.330. The zero-order valence-electron chi connectivity index (χ0n) is 13.4. The number of carbonyl (C=O) groups excluding carboxylic acids is 1. The third-order valence-electron chi connectivity index (χ3n) is 4.78. The van der Waals surface area contributed by atoms with E-state index in [0.717, 1.165) is 26.2 Å². The molecule has 1 amide bonds. The van der Waals surface area contributed by atoms with Crippen molar-refractivity contribution in [1.82, 2.24) is 9.80 Å². The predicted molar refractivity (Wildman–Crippen MR) is 81.3 cm³/mol. The van der Waals surface area contributed by atoms with Crippen LogP contribution in [0.4, 0.5) is 0 Å². The van der Waals surface area contributed by atoms with Gasteiger partial charge in [0, 0.05) is 38.1 Å². The molecular formula is C16H32N2O. The van der Waals surface area contributed by atoms with Gasteiger partial charge >= 0.3 is 0 Å². The molecule has 1 aliphatic rings. The van der Waals surface area contributed by atoms with Crippen LogP contribution in [-0.2, 0) is 4.79 Å². The first kappa shape index (κ1) is 16.5. The molecule has 1 atom stereocenters. The molecule has 0 radical (unpaired) electrons. The van der Waals surface area contributed by atoms with E-state index in [9.17, 15) is 4.79 Å². The van der Waals surface area contributed by atoms with Gasteiger partial charge in [0.25, 0.3) is 0 Å². The molecule has 0 aliphatic carbocycles. The smallest absolute Gasteiger partial charge is 0.222 e. The molecule has 0 saturated carbocycles. The number of piperazine rings is 1. The van der Waals surface area contributed by atoms with Crippen LogP contribution in [0.15, 0.2) is 0 Å². The van der Waals surface area contributed by atoms with Crippen LogP contribution in [-0.4, -0.2) is 47.4 Å². The first-order valence-electron chi connectivity index (χ1n) is 8.10. The largest absolute Gasteiger partial charge is 0.340 e. The van der Waals surface area contributed by atoms with Crippen LogP contribution in [0.2, 0.25) is 0 Å². The highest BCUT2D eigenvalue weighted by molar-refractivity contribution is 5.75. The summed E-state index contributed by atoms with van der Waals surface area (Å²) >= 11 is 0. The second-order valence-corrected chi connectivity index (χ2v) is 6.03. The van der Waals surface area contributed by atoms with Crippen LogP contribution in [0.5, 0.6) is 0 Å². The van der Waals surface area contributed by atoms with Crippen molar-refractivity contribution in [2.45, 2.75) is 71.8 Å². The lowest BCUT2D eigenvalue weighted by atomic mass is 9.89. The molecule has 1 aliphatic heterocycles. The fourth-order valence-electron chi connectivity index (χ4n) is 3.03. The fraction of sp³-hybridized carbons (Fsp3) is 0.938. The first-order valence-corrected chi connectivity index (χ1v) is 8.10. The molecule has 19 heavy (non-hydrogen) atoms. The van der Waals surface area contributed by atoms with Crippen molar-refractivity contribution >= 4 is 5.91 Å². The normalized spacial score (nSPS) is 20.3. The van der Waals surface area contributed by atoms with E-state index in [1.54, 1.807) is 0 Å². The zero-order valence-corrected chi connectivity index (χ0v) is 13.4. The molecule has 1 fully saturated rings. The molecule has 3 nitrogen and oxygen atoms in total. The van der Waals surface area contributed by atoms with Gasteiger partial charge in [-0.1, -0.05) is 40.0 Å². The highest BCUT2D eigenvalue weighted by atomic mass is 16.2. The topological polar surface area (TPSA) is 23.6 Å². The van der Waals surface area contributed by atoms with Gasteiger partial charge in [-0.05, 0) is 19.8 Å². The van der Waals surface area contributed by atoms with Crippen molar-refractivity contribution in [2.75, 3.05) is 26.2 Å². The summed E-state index contributed by atoms with van der Waals surface area (Å²) in [5, 5.41) is 0. The quantitative estimate of drug-likeness (QED) is 0.662. The van der Waals surface area contributed by atoms with Crippen molar-refractivity contribution in [3.05, 3.63) is 0 Å². The minimum atomic E-state index is 0.309. The Morgan fingerprint density at radius 3 is 2.16 bits per heavy atom. The summed E-state index contributed by atoms with van der Waals surface area (Å²) in [4.78, 5) is 16.4. The monoisotopic (exact) mass is 268 g/mol. The van der Waals surface area contributed by atoms with Gasteiger partial charge in [0.2, 0.25) is 5.91 Å². The van der Waals surface area contributed by atoms with Crippen molar-refractivity contribution in [2.24, 2.45) is 0 Å². The molecule has 0 aromatic heterocycles. The Bertz CT molecular complexity index is 272. The lowest BCUT2D eigenvalue weighted by Gasteiger charge is -2.46. The molecule has 0 aromatic rings. The minimum absolute atomic E-state index is 0.309. The number of nitrogens with zero attached hydrogens (tertiary/aromatic N) is 2. The summed E-state index contributed by atoms with van der Waals surface area (Å²) in [6, 6.07) is 0. The van der Waals surface area contributed by atoms with Crippen LogP contribution in [0.1, 0.15) is 66.2 Å². The van der Waals surface area contributed by atoms with Gasteiger partial charge in [-0.3, -0.25) is 9.69 Å². The Balaban J connectivity index is 2.48. The highest BCUT2D eigenvalue weighted by Crippen LogP contribution is 2.27. The van der Waals surface area contributed by atoms with Gasteiger partial charge in [0.15, 0.2) is 0 Å². The summed E-state index contributed by atoms with van der Waals surface area (Å²) in [6.07, 6.45) is 7.09. The summed E-state index contributed by atoms with van der Waals surface area (Å²) in [5.74, 6) is 0.309. The Morgan fingerprint density at radius 1 is 1.05 bits per heavy atom. The summed E-state index contributed by atoms with van der Waals surface area (Å²) in [6.45, 7) is 12.8. The van der Waals surface area contributed by atoms with Gasteiger partial charge < -0.3 is 4.90 Å². The Hall–Kier alpha value is -0.570.